The Kier molecular flexibility index (Phi) is 11.2. The first-order valence-corrected chi connectivity index (χ1v) is 4.22. The Bertz CT molecular complexity index is 231. The molecule has 0 aromatic heterocycles. The third kappa shape index (κ3) is 11.3. The SMILES string of the molecule is CCCCOC(=O)NC(=O)OC(C)=O.[Na]. The number of imide groups is 1. The average molecular weight is 226 g/mol. The van der Waals surface area contributed by atoms with Crippen molar-refractivity contribution in [1.29, 1.82) is 0 Å². The Morgan fingerprint density at radius 3 is 2.27 bits per heavy atom. The molecule has 0 saturated heterocycles. The van der Waals surface area contributed by atoms with Gasteiger partial charge in [0.15, 0.2) is 0 Å². The smallest absolute Gasteiger partial charge is 0.424 e. The fourth-order valence-electron chi connectivity index (χ4n) is 0.585. The van der Waals surface area contributed by atoms with Gasteiger partial charge in [-0.25, -0.2) is 14.9 Å². The molecule has 1 radical (unpaired) electrons. The van der Waals surface area contributed by atoms with Gasteiger partial charge < -0.3 is 9.47 Å². The summed E-state index contributed by atoms with van der Waals surface area (Å²) in [4.78, 5) is 31.7. The summed E-state index contributed by atoms with van der Waals surface area (Å²) in [6.07, 6.45) is -0.441. The van der Waals surface area contributed by atoms with Crippen molar-refractivity contribution in [3.05, 3.63) is 0 Å². The topological polar surface area (TPSA) is 81.7 Å². The molecule has 15 heavy (non-hydrogen) atoms. The van der Waals surface area contributed by atoms with Crippen LogP contribution in [-0.4, -0.2) is 54.3 Å². The molecule has 0 spiro atoms. The normalized spacial score (nSPS) is 8.40. The molecule has 0 aliphatic rings. The van der Waals surface area contributed by atoms with E-state index in [0.29, 0.717) is 0 Å². The van der Waals surface area contributed by atoms with Gasteiger partial charge in [0.25, 0.3) is 0 Å². The first kappa shape index (κ1) is 16.8. The van der Waals surface area contributed by atoms with Crippen LogP contribution in [0.25, 0.3) is 0 Å². The van der Waals surface area contributed by atoms with Crippen LogP contribution in [0.2, 0.25) is 0 Å². The maximum Gasteiger partial charge on any atom is 0.424 e. The number of rotatable bonds is 3. The van der Waals surface area contributed by atoms with Crippen LogP contribution in [0.15, 0.2) is 0 Å². The van der Waals surface area contributed by atoms with Gasteiger partial charge in [-0.1, -0.05) is 13.3 Å². The first-order chi connectivity index (χ1) is 6.56. The van der Waals surface area contributed by atoms with Crippen molar-refractivity contribution in [2.45, 2.75) is 26.7 Å². The van der Waals surface area contributed by atoms with Gasteiger partial charge in [0.1, 0.15) is 0 Å². The Labute approximate surface area is 110 Å². The van der Waals surface area contributed by atoms with Gasteiger partial charge in [0, 0.05) is 36.5 Å². The molecule has 7 heteroatoms. The van der Waals surface area contributed by atoms with Gasteiger partial charge in [0.2, 0.25) is 0 Å². The van der Waals surface area contributed by atoms with Gasteiger partial charge in [0.05, 0.1) is 6.61 Å². The van der Waals surface area contributed by atoms with Crippen LogP contribution in [0.4, 0.5) is 9.59 Å². The van der Waals surface area contributed by atoms with Crippen LogP contribution < -0.4 is 5.32 Å². The van der Waals surface area contributed by atoms with E-state index in [0.717, 1.165) is 19.8 Å². The van der Waals surface area contributed by atoms with Crippen LogP contribution in [0.1, 0.15) is 26.7 Å². The number of ether oxygens (including phenoxy) is 2. The molecule has 0 saturated carbocycles. The monoisotopic (exact) mass is 226 g/mol. The largest absolute Gasteiger partial charge is 0.449 e. The number of esters is 1. The molecule has 0 rings (SSSR count). The summed E-state index contributed by atoms with van der Waals surface area (Å²) < 4.78 is 8.61. The summed E-state index contributed by atoms with van der Waals surface area (Å²) >= 11 is 0. The number of carbonyl (C=O) groups is 3. The molecular formula is C8H13NNaO5. The summed E-state index contributed by atoms with van der Waals surface area (Å²) in [6.45, 7) is 3.23. The molecule has 0 aromatic rings. The van der Waals surface area contributed by atoms with Crippen LogP contribution in [0.3, 0.4) is 0 Å². The zero-order valence-electron chi connectivity index (χ0n) is 9.16. The quantitative estimate of drug-likeness (QED) is 0.333. The number of unbranched alkanes of at least 4 members (excludes halogenated alkanes) is 1. The molecule has 6 nitrogen and oxygen atoms in total. The molecule has 0 unspecified atom stereocenters. The second-order valence-corrected chi connectivity index (χ2v) is 2.50. The van der Waals surface area contributed by atoms with Crippen LogP contribution >= 0.6 is 0 Å². The minimum absolute atomic E-state index is 0. The molecule has 0 aliphatic heterocycles. The second-order valence-electron chi connectivity index (χ2n) is 2.50. The van der Waals surface area contributed by atoms with Crippen molar-refractivity contribution in [2.24, 2.45) is 0 Å². The Hall–Kier alpha value is -0.590. The molecular weight excluding hydrogens is 213 g/mol. The third-order valence-corrected chi connectivity index (χ3v) is 1.17. The van der Waals surface area contributed by atoms with Crippen molar-refractivity contribution in [3.63, 3.8) is 0 Å². The number of alkyl carbamates (subject to hydrolysis) is 2. The second kappa shape index (κ2) is 9.95. The summed E-state index contributed by atoms with van der Waals surface area (Å²) in [5.74, 6) is -0.788. The van der Waals surface area contributed by atoms with Crippen molar-refractivity contribution < 1.29 is 23.9 Å². The van der Waals surface area contributed by atoms with Gasteiger partial charge in [-0.3, -0.25) is 4.79 Å². The summed E-state index contributed by atoms with van der Waals surface area (Å²) in [7, 11) is 0. The number of amides is 2. The van der Waals surface area contributed by atoms with Crippen molar-refractivity contribution in [2.75, 3.05) is 6.61 Å². The number of hydrogen-bond donors (Lipinski definition) is 1. The number of nitrogens with one attached hydrogen (secondary N) is 1. The molecule has 0 aromatic carbocycles. The van der Waals surface area contributed by atoms with E-state index in [4.69, 9.17) is 0 Å². The molecule has 1 N–H and O–H groups in total. The van der Waals surface area contributed by atoms with Gasteiger partial charge in [-0.15, -0.1) is 0 Å². The predicted octanol–water partition coefficient (Wildman–Crippen LogP) is 0.815. The maximum absolute atomic E-state index is 10.8. The third-order valence-electron chi connectivity index (χ3n) is 1.17. The zero-order valence-corrected chi connectivity index (χ0v) is 11.2. The summed E-state index contributed by atoms with van der Waals surface area (Å²) in [5.41, 5.74) is 0. The molecule has 0 aliphatic carbocycles. The predicted molar refractivity (Wildman–Crippen MR) is 52.3 cm³/mol. The summed E-state index contributed by atoms with van der Waals surface area (Å²) in [5, 5.41) is 1.73. The minimum atomic E-state index is -1.13. The number of hydrogen-bond acceptors (Lipinski definition) is 5. The van der Waals surface area contributed by atoms with Crippen LogP contribution in [0, 0.1) is 0 Å². The molecule has 81 valence electrons. The van der Waals surface area contributed by atoms with E-state index in [2.05, 4.69) is 9.47 Å². The molecule has 0 bridgehead atoms. The Balaban J connectivity index is 0. The number of carbonyl (C=O) groups excluding carboxylic acids is 3. The molecule has 0 fully saturated rings. The van der Waals surface area contributed by atoms with E-state index in [-0.39, 0.29) is 36.2 Å². The van der Waals surface area contributed by atoms with E-state index in [9.17, 15) is 14.4 Å². The van der Waals surface area contributed by atoms with Crippen molar-refractivity contribution in [3.8, 4) is 0 Å². The van der Waals surface area contributed by atoms with Gasteiger partial charge >= 0.3 is 18.2 Å². The standard InChI is InChI=1S/C8H13NO5.Na/c1-3-4-5-13-7(11)9-8(12)14-6(2)10;/h3-5H2,1-2H3,(H,9,11,12);. The van der Waals surface area contributed by atoms with E-state index in [1.165, 1.54) is 0 Å². The molecule has 0 atom stereocenters. The molecule has 0 heterocycles. The van der Waals surface area contributed by atoms with Crippen LogP contribution in [-0.2, 0) is 14.3 Å². The Morgan fingerprint density at radius 2 is 1.80 bits per heavy atom. The average Bonchev–Trinajstić information content (AvgIpc) is 2.02. The van der Waals surface area contributed by atoms with E-state index in [1.807, 2.05) is 6.92 Å². The fourth-order valence-corrected chi connectivity index (χ4v) is 0.585. The first-order valence-electron chi connectivity index (χ1n) is 4.22. The van der Waals surface area contributed by atoms with Crippen molar-refractivity contribution in [1.82, 2.24) is 5.32 Å². The van der Waals surface area contributed by atoms with E-state index >= 15 is 0 Å². The Morgan fingerprint density at radius 1 is 1.20 bits per heavy atom. The van der Waals surface area contributed by atoms with Gasteiger partial charge in [-0.2, -0.15) is 0 Å². The van der Waals surface area contributed by atoms with Crippen molar-refractivity contribution >= 4 is 47.7 Å². The summed E-state index contributed by atoms with van der Waals surface area (Å²) in [6, 6.07) is 0. The maximum atomic E-state index is 10.8. The van der Waals surface area contributed by atoms with Gasteiger partial charge in [-0.05, 0) is 6.42 Å². The van der Waals surface area contributed by atoms with E-state index in [1.54, 1.807) is 5.32 Å². The minimum Gasteiger partial charge on any atom is -0.449 e. The molecule has 2 amide bonds. The zero-order chi connectivity index (χ0) is 11.0. The fraction of sp³-hybridized carbons (Fsp3) is 0.625. The van der Waals surface area contributed by atoms with E-state index < -0.39 is 18.2 Å². The van der Waals surface area contributed by atoms with Crippen LogP contribution in [0.5, 0.6) is 0 Å².